The van der Waals surface area contributed by atoms with Gasteiger partial charge in [-0.15, -0.1) is 0 Å². The summed E-state index contributed by atoms with van der Waals surface area (Å²) in [5.41, 5.74) is 1.55. The second kappa shape index (κ2) is 8.69. The Morgan fingerprint density at radius 1 is 1.21 bits per heavy atom. The van der Waals surface area contributed by atoms with Gasteiger partial charge < -0.3 is 9.64 Å². The lowest BCUT2D eigenvalue weighted by Crippen LogP contribution is -2.34. The summed E-state index contributed by atoms with van der Waals surface area (Å²) in [6, 6.07) is 14.9. The Bertz CT molecular complexity index is 1030. The normalized spacial score (nSPS) is 12.0. The molecule has 0 radical (unpaired) electrons. The average molecular weight is 379 g/mol. The van der Waals surface area contributed by atoms with E-state index in [4.69, 9.17) is 4.74 Å². The molecule has 1 atom stereocenters. The maximum atomic E-state index is 12.9. The number of carbonyl (C=O) groups is 1. The topological polar surface area (TPSA) is 64.4 Å². The summed E-state index contributed by atoms with van der Waals surface area (Å²) < 4.78 is 6.79. The summed E-state index contributed by atoms with van der Waals surface area (Å²) in [5.74, 6) is 0.763. The summed E-state index contributed by atoms with van der Waals surface area (Å²) in [4.78, 5) is 31.6. The van der Waals surface area contributed by atoms with Gasteiger partial charge in [0.05, 0.1) is 30.4 Å². The number of fused-ring (bicyclic) bond motifs is 1. The lowest BCUT2D eigenvalue weighted by atomic mass is 10.1. The number of para-hydroxylation sites is 1. The molecule has 3 aromatic rings. The van der Waals surface area contributed by atoms with Gasteiger partial charge in [-0.25, -0.2) is 4.98 Å². The maximum Gasteiger partial charge on any atom is 0.261 e. The number of carbonyl (C=O) groups excluding carboxylic acids is 1. The van der Waals surface area contributed by atoms with Crippen molar-refractivity contribution in [2.75, 3.05) is 13.7 Å². The van der Waals surface area contributed by atoms with Gasteiger partial charge in [-0.05, 0) is 43.7 Å². The molecule has 2 aromatic carbocycles. The number of rotatable bonds is 7. The molecule has 6 nitrogen and oxygen atoms in total. The van der Waals surface area contributed by atoms with Gasteiger partial charge in [0.15, 0.2) is 0 Å². The third-order valence-electron chi connectivity index (χ3n) is 5.00. The zero-order chi connectivity index (χ0) is 20.1. The number of aryl methyl sites for hydroxylation is 1. The summed E-state index contributed by atoms with van der Waals surface area (Å²) in [6.45, 7) is 4.84. The van der Waals surface area contributed by atoms with E-state index in [-0.39, 0.29) is 23.9 Å². The van der Waals surface area contributed by atoms with E-state index in [1.165, 1.54) is 10.9 Å². The highest BCUT2D eigenvalue weighted by Crippen LogP contribution is 2.24. The predicted octanol–water partition coefficient (Wildman–Crippen LogP) is 3.40. The van der Waals surface area contributed by atoms with Crippen LogP contribution in [-0.2, 0) is 11.3 Å². The van der Waals surface area contributed by atoms with Crippen molar-refractivity contribution in [1.29, 1.82) is 0 Å². The van der Waals surface area contributed by atoms with Gasteiger partial charge in [0.1, 0.15) is 5.75 Å². The molecule has 0 bridgehead atoms. The highest BCUT2D eigenvalue weighted by atomic mass is 16.5. The molecule has 1 heterocycles. The van der Waals surface area contributed by atoms with Crippen molar-refractivity contribution in [3.63, 3.8) is 0 Å². The van der Waals surface area contributed by atoms with Crippen LogP contribution in [0.25, 0.3) is 10.9 Å². The van der Waals surface area contributed by atoms with E-state index >= 15 is 0 Å². The first-order chi connectivity index (χ1) is 13.5. The van der Waals surface area contributed by atoms with Crippen LogP contribution in [0.5, 0.6) is 5.75 Å². The first-order valence-electron chi connectivity index (χ1n) is 9.42. The Morgan fingerprint density at radius 2 is 2.00 bits per heavy atom. The van der Waals surface area contributed by atoms with Gasteiger partial charge in [-0.3, -0.25) is 14.2 Å². The fourth-order valence-corrected chi connectivity index (χ4v) is 3.37. The van der Waals surface area contributed by atoms with Crippen molar-refractivity contribution < 1.29 is 9.53 Å². The first kappa shape index (κ1) is 19.6. The third-order valence-corrected chi connectivity index (χ3v) is 5.00. The smallest absolute Gasteiger partial charge is 0.261 e. The molecule has 6 heteroatoms. The van der Waals surface area contributed by atoms with Crippen molar-refractivity contribution >= 4 is 16.8 Å². The van der Waals surface area contributed by atoms with Crippen LogP contribution >= 0.6 is 0 Å². The van der Waals surface area contributed by atoms with E-state index in [0.717, 1.165) is 11.3 Å². The zero-order valence-electron chi connectivity index (χ0n) is 16.5. The molecule has 0 saturated carbocycles. The number of ether oxygens (including phenoxy) is 1. The molecule has 3 rings (SSSR count). The van der Waals surface area contributed by atoms with E-state index in [0.29, 0.717) is 24.0 Å². The summed E-state index contributed by atoms with van der Waals surface area (Å²) in [6.07, 6.45) is 1.75. The van der Waals surface area contributed by atoms with E-state index in [2.05, 4.69) is 4.98 Å². The lowest BCUT2D eigenvalue weighted by Gasteiger charge is -2.29. The van der Waals surface area contributed by atoms with Gasteiger partial charge in [-0.1, -0.05) is 24.3 Å². The molecule has 0 fully saturated rings. The van der Waals surface area contributed by atoms with Crippen LogP contribution in [0.4, 0.5) is 0 Å². The molecule has 0 aliphatic carbocycles. The molecular weight excluding hydrogens is 354 g/mol. The van der Waals surface area contributed by atoms with Crippen molar-refractivity contribution in [2.24, 2.45) is 0 Å². The molecule has 0 N–H and O–H groups in total. The molecule has 0 aliphatic rings. The van der Waals surface area contributed by atoms with Crippen LogP contribution in [0, 0.1) is 0 Å². The molecule has 1 aromatic heterocycles. The number of nitrogens with zero attached hydrogens (tertiary/aromatic N) is 3. The fourth-order valence-electron chi connectivity index (χ4n) is 3.37. The number of aromatic nitrogens is 2. The van der Waals surface area contributed by atoms with E-state index < -0.39 is 0 Å². The number of hydrogen-bond donors (Lipinski definition) is 0. The van der Waals surface area contributed by atoms with Gasteiger partial charge >= 0.3 is 0 Å². The second-order valence-electron chi connectivity index (χ2n) is 6.64. The monoisotopic (exact) mass is 379 g/mol. The van der Waals surface area contributed by atoms with Gasteiger partial charge in [0.2, 0.25) is 5.91 Å². The quantitative estimate of drug-likeness (QED) is 0.631. The molecule has 0 saturated heterocycles. The fraction of sp³-hybridized carbons (Fsp3) is 0.318. The minimum absolute atomic E-state index is 0.00196. The van der Waals surface area contributed by atoms with Crippen LogP contribution in [0.3, 0.4) is 0 Å². The van der Waals surface area contributed by atoms with Crippen LogP contribution in [0.1, 0.15) is 31.9 Å². The number of methoxy groups -OCH3 is 1. The van der Waals surface area contributed by atoms with Crippen molar-refractivity contribution in [3.8, 4) is 5.75 Å². The molecule has 0 spiro atoms. The van der Waals surface area contributed by atoms with Crippen LogP contribution in [0.15, 0.2) is 59.7 Å². The van der Waals surface area contributed by atoms with Gasteiger partial charge in [0, 0.05) is 19.5 Å². The van der Waals surface area contributed by atoms with Gasteiger partial charge in [-0.2, -0.15) is 0 Å². The van der Waals surface area contributed by atoms with Crippen molar-refractivity contribution in [2.45, 2.75) is 32.9 Å². The first-order valence-corrected chi connectivity index (χ1v) is 9.42. The van der Waals surface area contributed by atoms with E-state index in [9.17, 15) is 9.59 Å². The van der Waals surface area contributed by atoms with Crippen LogP contribution in [-0.4, -0.2) is 34.0 Å². The highest BCUT2D eigenvalue weighted by Gasteiger charge is 2.20. The minimum Gasteiger partial charge on any atom is -0.497 e. The molecule has 1 amide bonds. The summed E-state index contributed by atoms with van der Waals surface area (Å²) >= 11 is 0. The zero-order valence-corrected chi connectivity index (χ0v) is 16.5. The average Bonchev–Trinajstić information content (AvgIpc) is 2.74. The summed E-state index contributed by atoms with van der Waals surface area (Å²) in [5, 5.41) is 0.564. The Labute approximate surface area is 164 Å². The highest BCUT2D eigenvalue weighted by molar-refractivity contribution is 5.78. The molecule has 28 heavy (non-hydrogen) atoms. The van der Waals surface area contributed by atoms with Crippen LogP contribution < -0.4 is 10.3 Å². The second-order valence-corrected chi connectivity index (χ2v) is 6.64. The van der Waals surface area contributed by atoms with Crippen LogP contribution in [0.2, 0.25) is 0 Å². The Balaban J connectivity index is 1.74. The van der Waals surface area contributed by atoms with Crippen molar-refractivity contribution in [3.05, 3.63) is 70.8 Å². The van der Waals surface area contributed by atoms with E-state index in [1.54, 1.807) is 19.2 Å². The Morgan fingerprint density at radius 3 is 2.75 bits per heavy atom. The Kier molecular flexibility index (Phi) is 6.09. The molecule has 0 aliphatic heterocycles. The molecule has 1 unspecified atom stereocenters. The number of amides is 1. The third kappa shape index (κ3) is 4.06. The molecule has 146 valence electrons. The SMILES string of the molecule is CCN(C(=O)CCn1cnc2ccccc2c1=O)C(C)c1cccc(OC)c1. The predicted molar refractivity (Wildman–Crippen MR) is 109 cm³/mol. The lowest BCUT2D eigenvalue weighted by molar-refractivity contribution is -0.133. The number of hydrogen-bond acceptors (Lipinski definition) is 4. The number of benzene rings is 2. The minimum atomic E-state index is -0.123. The van der Waals surface area contributed by atoms with Crippen molar-refractivity contribution in [1.82, 2.24) is 14.5 Å². The van der Waals surface area contributed by atoms with Gasteiger partial charge in [0.25, 0.3) is 5.56 Å². The maximum absolute atomic E-state index is 12.9. The molecular formula is C22H25N3O3. The Hall–Kier alpha value is -3.15. The summed E-state index contributed by atoms with van der Waals surface area (Å²) in [7, 11) is 1.63. The standard InChI is InChI=1S/C22H25N3O3/c1-4-25(16(2)17-8-7-9-18(14-17)28-3)21(26)12-13-24-15-23-20-11-6-5-10-19(20)22(24)27/h5-11,14-16H,4,12-13H2,1-3H3. The largest absolute Gasteiger partial charge is 0.497 e. The van der Waals surface area contributed by atoms with E-state index in [1.807, 2.05) is 55.1 Å².